The van der Waals surface area contributed by atoms with Crippen LogP contribution >= 0.6 is 0 Å². The maximum atomic E-state index is 12.7. The molecule has 128 valence electrons. The van der Waals surface area contributed by atoms with E-state index in [1.807, 2.05) is 4.98 Å². The van der Waals surface area contributed by atoms with Gasteiger partial charge in [0.25, 0.3) is 5.56 Å². The van der Waals surface area contributed by atoms with Crippen molar-refractivity contribution in [3.8, 4) is 0 Å². The van der Waals surface area contributed by atoms with Crippen LogP contribution in [0.15, 0.2) is 17.1 Å². The van der Waals surface area contributed by atoms with E-state index in [2.05, 4.69) is 5.32 Å². The lowest BCUT2D eigenvalue weighted by molar-refractivity contribution is -0.137. The Bertz CT molecular complexity index is 649. The van der Waals surface area contributed by atoms with E-state index >= 15 is 0 Å². The summed E-state index contributed by atoms with van der Waals surface area (Å²) in [4.78, 5) is 27.2. The SMILES string of the molecule is CC(C)(O)C1CCCN1C(=O)Nc1cc(C(F)(F)F)c[nH]c1=O. The molecule has 1 aliphatic rings. The first-order chi connectivity index (χ1) is 10.5. The molecule has 1 saturated heterocycles. The van der Waals surface area contributed by atoms with Gasteiger partial charge in [-0.3, -0.25) is 4.79 Å². The number of likely N-dealkylation sites (tertiary alicyclic amines) is 1. The number of carbonyl (C=O) groups is 1. The fourth-order valence-corrected chi connectivity index (χ4v) is 2.67. The second-order valence-electron chi connectivity index (χ2n) is 6.06. The number of amides is 2. The number of nitrogens with one attached hydrogen (secondary N) is 2. The lowest BCUT2D eigenvalue weighted by atomic mass is 9.97. The Hall–Kier alpha value is -2.03. The number of alkyl halides is 3. The molecule has 0 aromatic carbocycles. The van der Waals surface area contributed by atoms with Crippen LogP contribution in [0.4, 0.5) is 23.7 Å². The van der Waals surface area contributed by atoms with E-state index in [9.17, 15) is 27.9 Å². The Labute approximate surface area is 130 Å². The van der Waals surface area contributed by atoms with Crippen LogP contribution in [0.5, 0.6) is 0 Å². The third-order valence-electron chi connectivity index (χ3n) is 3.80. The number of halogens is 3. The quantitative estimate of drug-likeness (QED) is 0.775. The highest BCUT2D eigenvalue weighted by atomic mass is 19.4. The molecular weight excluding hydrogens is 315 g/mol. The van der Waals surface area contributed by atoms with Crippen LogP contribution in [-0.4, -0.2) is 39.2 Å². The maximum absolute atomic E-state index is 12.7. The van der Waals surface area contributed by atoms with E-state index in [4.69, 9.17) is 0 Å². The Morgan fingerprint density at radius 3 is 2.65 bits per heavy atom. The lowest BCUT2D eigenvalue weighted by Gasteiger charge is -2.33. The molecule has 1 aliphatic heterocycles. The molecular formula is C14H18F3N3O3. The predicted octanol–water partition coefficient (Wildman–Crippen LogP) is 2.16. The van der Waals surface area contributed by atoms with Crippen LogP contribution in [0.1, 0.15) is 32.3 Å². The van der Waals surface area contributed by atoms with E-state index < -0.39 is 40.7 Å². The van der Waals surface area contributed by atoms with Crippen molar-refractivity contribution < 1.29 is 23.1 Å². The number of hydrogen-bond donors (Lipinski definition) is 3. The number of urea groups is 1. The molecule has 2 rings (SSSR count). The predicted molar refractivity (Wildman–Crippen MR) is 77.1 cm³/mol. The first kappa shape index (κ1) is 17.3. The molecule has 6 nitrogen and oxygen atoms in total. The Balaban J connectivity index is 2.22. The Kier molecular flexibility index (Phi) is 4.43. The largest absolute Gasteiger partial charge is 0.417 e. The minimum Gasteiger partial charge on any atom is -0.388 e. The second kappa shape index (κ2) is 5.88. The van der Waals surface area contributed by atoms with Crippen molar-refractivity contribution in [3.05, 3.63) is 28.2 Å². The van der Waals surface area contributed by atoms with Gasteiger partial charge in [-0.1, -0.05) is 0 Å². The third kappa shape index (κ3) is 3.84. The van der Waals surface area contributed by atoms with Crippen molar-refractivity contribution in [3.63, 3.8) is 0 Å². The molecule has 1 fully saturated rings. The zero-order valence-electron chi connectivity index (χ0n) is 12.7. The summed E-state index contributed by atoms with van der Waals surface area (Å²) >= 11 is 0. The number of rotatable bonds is 2. The van der Waals surface area contributed by atoms with Gasteiger partial charge in [-0.2, -0.15) is 13.2 Å². The summed E-state index contributed by atoms with van der Waals surface area (Å²) < 4.78 is 38.0. The van der Waals surface area contributed by atoms with Gasteiger partial charge in [0.2, 0.25) is 0 Å². The van der Waals surface area contributed by atoms with Crippen LogP contribution in [0.25, 0.3) is 0 Å². The maximum Gasteiger partial charge on any atom is 0.417 e. The molecule has 23 heavy (non-hydrogen) atoms. The minimum atomic E-state index is -4.63. The summed E-state index contributed by atoms with van der Waals surface area (Å²) in [6, 6.07) is -0.585. The molecule has 2 amide bonds. The fourth-order valence-electron chi connectivity index (χ4n) is 2.67. The number of nitrogens with zero attached hydrogens (tertiary/aromatic N) is 1. The number of carbonyl (C=O) groups excluding carboxylic acids is 1. The first-order valence-electron chi connectivity index (χ1n) is 7.10. The summed E-state index contributed by atoms with van der Waals surface area (Å²) in [5, 5.41) is 12.3. The number of anilines is 1. The van der Waals surface area contributed by atoms with Crippen molar-refractivity contribution in [2.24, 2.45) is 0 Å². The number of aromatic nitrogens is 1. The van der Waals surface area contributed by atoms with Gasteiger partial charge in [-0.25, -0.2) is 4.79 Å². The molecule has 3 N–H and O–H groups in total. The van der Waals surface area contributed by atoms with Crippen LogP contribution in [0, 0.1) is 0 Å². The van der Waals surface area contributed by atoms with Crippen molar-refractivity contribution >= 4 is 11.7 Å². The molecule has 1 unspecified atom stereocenters. The van der Waals surface area contributed by atoms with Crippen molar-refractivity contribution in [2.75, 3.05) is 11.9 Å². The second-order valence-corrected chi connectivity index (χ2v) is 6.06. The van der Waals surface area contributed by atoms with Crippen molar-refractivity contribution in [2.45, 2.75) is 44.5 Å². The minimum absolute atomic E-state index is 0.358. The van der Waals surface area contributed by atoms with E-state index in [0.29, 0.717) is 31.6 Å². The van der Waals surface area contributed by atoms with Gasteiger partial charge in [-0.15, -0.1) is 0 Å². The number of hydrogen-bond acceptors (Lipinski definition) is 3. The van der Waals surface area contributed by atoms with Crippen molar-refractivity contribution in [1.82, 2.24) is 9.88 Å². The number of pyridine rings is 1. The molecule has 9 heteroatoms. The van der Waals surface area contributed by atoms with Gasteiger partial charge in [-0.05, 0) is 32.8 Å². The number of aromatic amines is 1. The van der Waals surface area contributed by atoms with Crippen LogP contribution in [0.2, 0.25) is 0 Å². The summed E-state index contributed by atoms with van der Waals surface area (Å²) in [6.07, 6.45) is -2.84. The molecule has 0 bridgehead atoms. The van der Waals surface area contributed by atoms with E-state index in [1.165, 1.54) is 4.90 Å². The van der Waals surface area contributed by atoms with Crippen LogP contribution in [-0.2, 0) is 6.18 Å². The number of aliphatic hydroxyl groups is 1. The smallest absolute Gasteiger partial charge is 0.388 e. The molecule has 0 aliphatic carbocycles. The summed E-state index contributed by atoms with van der Waals surface area (Å²) in [6.45, 7) is 3.47. The van der Waals surface area contributed by atoms with Crippen LogP contribution < -0.4 is 10.9 Å². The Morgan fingerprint density at radius 2 is 2.09 bits per heavy atom. The molecule has 1 aromatic rings. The van der Waals surface area contributed by atoms with E-state index in [0.717, 1.165) is 0 Å². The average molecular weight is 333 g/mol. The highest BCUT2D eigenvalue weighted by Gasteiger charge is 2.39. The molecule has 0 saturated carbocycles. The molecule has 2 heterocycles. The highest BCUT2D eigenvalue weighted by Crippen LogP contribution is 2.30. The molecule has 0 radical (unpaired) electrons. The van der Waals surface area contributed by atoms with E-state index in [-0.39, 0.29) is 0 Å². The molecule has 0 spiro atoms. The number of H-pyrrole nitrogens is 1. The molecule has 1 atom stereocenters. The van der Waals surface area contributed by atoms with Gasteiger partial charge in [0.1, 0.15) is 5.69 Å². The van der Waals surface area contributed by atoms with Gasteiger partial charge in [0, 0.05) is 12.7 Å². The average Bonchev–Trinajstić information content (AvgIpc) is 2.89. The standard InChI is InChI=1S/C14H18F3N3O3/c1-13(2,23)10-4-3-5-20(10)12(22)19-9-6-8(14(15,16)17)7-18-11(9)21/h6-7,10,23H,3-5H2,1-2H3,(H,18,21)(H,19,22). The van der Waals surface area contributed by atoms with Gasteiger partial charge >= 0.3 is 12.2 Å². The highest BCUT2D eigenvalue weighted by molar-refractivity contribution is 5.89. The summed E-state index contributed by atoms with van der Waals surface area (Å²) in [7, 11) is 0. The summed E-state index contributed by atoms with van der Waals surface area (Å²) in [5.41, 5.74) is -3.52. The third-order valence-corrected chi connectivity index (χ3v) is 3.80. The topological polar surface area (TPSA) is 85.4 Å². The first-order valence-corrected chi connectivity index (χ1v) is 7.10. The zero-order valence-corrected chi connectivity index (χ0v) is 12.7. The normalized spacial score (nSPS) is 19.0. The monoisotopic (exact) mass is 333 g/mol. The van der Waals surface area contributed by atoms with Gasteiger partial charge in [0.05, 0.1) is 17.2 Å². The zero-order chi connectivity index (χ0) is 17.4. The van der Waals surface area contributed by atoms with Gasteiger partial charge in [0.15, 0.2) is 0 Å². The Morgan fingerprint density at radius 1 is 1.43 bits per heavy atom. The summed E-state index contributed by atoms with van der Waals surface area (Å²) in [5.74, 6) is 0. The van der Waals surface area contributed by atoms with E-state index in [1.54, 1.807) is 13.8 Å². The lowest BCUT2D eigenvalue weighted by Crippen LogP contribution is -2.49. The fraction of sp³-hybridized carbons (Fsp3) is 0.571. The van der Waals surface area contributed by atoms with Crippen molar-refractivity contribution in [1.29, 1.82) is 0 Å². The van der Waals surface area contributed by atoms with Crippen LogP contribution in [0.3, 0.4) is 0 Å². The van der Waals surface area contributed by atoms with Gasteiger partial charge < -0.3 is 20.3 Å². The molecule has 1 aromatic heterocycles.